The van der Waals surface area contributed by atoms with Gasteiger partial charge in [0, 0.05) is 19.0 Å². The Morgan fingerprint density at radius 1 is 0.804 bits per heavy atom. The number of hydrogen-bond acceptors (Lipinski definition) is 4. The maximum Gasteiger partial charge on any atom is 0.264 e. The quantitative estimate of drug-likeness (QED) is 0.160. The van der Waals surface area contributed by atoms with E-state index in [0.29, 0.717) is 6.42 Å². The minimum absolute atomic E-state index is 0.00640. The lowest BCUT2D eigenvalue weighted by Gasteiger charge is -2.34. The van der Waals surface area contributed by atoms with Crippen molar-refractivity contribution >= 4 is 50.7 Å². The number of carbonyl (C=O) groups excluding carboxylic acids is 2. The van der Waals surface area contributed by atoms with Crippen LogP contribution in [0.1, 0.15) is 42.5 Å². The van der Waals surface area contributed by atoms with Crippen LogP contribution in [-0.2, 0) is 32.6 Å². The normalized spacial score (nSPS) is 12.7. The van der Waals surface area contributed by atoms with E-state index in [1.54, 1.807) is 24.3 Å². The van der Waals surface area contributed by atoms with E-state index in [-0.39, 0.29) is 45.5 Å². The summed E-state index contributed by atoms with van der Waals surface area (Å²) >= 11 is 12.9. The minimum atomic E-state index is -4.30. The SMILES string of the molecule is CC[C@@H](C)NC(=O)[C@H](Cc1ccccc1)N(Cc1ccc(C)cc1)C(=O)CN(c1cccc(Cl)c1Cl)S(=O)(=O)c1ccc(C)cc1. The lowest BCUT2D eigenvalue weighted by molar-refractivity contribution is -0.140. The predicted octanol–water partition coefficient (Wildman–Crippen LogP) is 7.36. The second kappa shape index (κ2) is 15.6. The van der Waals surface area contributed by atoms with Crippen molar-refractivity contribution in [3.05, 3.63) is 129 Å². The number of benzene rings is 4. The Kier molecular flexibility index (Phi) is 11.9. The first-order valence-corrected chi connectivity index (χ1v) is 17.3. The van der Waals surface area contributed by atoms with E-state index in [1.807, 2.05) is 82.3 Å². The summed E-state index contributed by atoms with van der Waals surface area (Å²) in [4.78, 5) is 30.0. The fraction of sp³-hybridized carbons (Fsp3) is 0.278. The standard InChI is InChI=1S/C36H39Cl2N3O4S/c1-5-27(4)39-36(43)33(22-28-10-7-6-8-11-28)40(23-29-18-14-25(2)15-19-29)34(42)24-41(32-13-9-12-31(37)35(32)38)46(44,45)30-20-16-26(3)17-21-30/h6-21,27,33H,5,22-24H2,1-4H3,(H,39,43)/t27-,33+/m1/s1. The van der Waals surface area contributed by atoms with Gasteiger partial charge in [-0.05, 0) is 62.6 Å². The summed E-state index contributed by atoms with van der Waals surface area (Å²) in [7, 11) is -4.30. The monoisotopic (exact) mass is 679 g/mol. The van der Waals surface area contributed by atoms with Gasteiger partial charge in [0.05, 0.1) is 20.6 Å². The van der Waals surface area contributed by atoms with Gasteiger partial charge in [-0.1, -0.05) is 114 Å². The summed E-state index contributed by atoms with van der Waals surface area (Å²) in [6.45, 7) is 7.14. The molecule has 242 valence electrons. The van der Waals surface area contributed by atoms with Crippen LogP contribution in [0.25, 0.3) is 0 Å². The van der Waals surface area contributed by atoms with E-state index < -0.39 is 28.5 Å². The van der Waals surface area contributed by atoms with Gasteiger partial charge in [0.15, 0.2) is 0 Å². The first kappa shape index (κ1) is 35.0. The topological polar surface area (TPSA) is 86.8 Å². The van der Waals surface area contributed by atoms with Gasteiger partial charge in [-0.25, -0.2) is 8.42 Å². The number of amides is 2. The lowest BCUT2D eigenvalue weighted by Crippen LogP contribution is -2.54. The van der Waals surface area contributed by atoms with E-state index in [9.17, 15) is 18.0 Å². The summed E-state index contributed by atoms with van der Waals surface area (Å²) < 4.78 is 29.4. The summed E-state index contributed by atoms with van der Waals surface area (Å²) in [5, 5.41) is 3.17. The van der Waals surface area contributed by atoms with Gasteiger partial charge in [0.1, 0.15) is 12.6 Å². The van der Waals surface area contributed by atoms with E-state index in [1.165, 1.54) is 23.1 Å². The fourth-order valence-corrected chi connectivity index (χ4v) is 6.79. The van der Waals surface area contributed by atoms with Crippen LogP contribution in [0.4, 0.5) is 5.69 Å². The smallest absolute Gasteiger partial charge is 0.264 e. The molecule has 0 saturated heterocycles. The maximum absolute atomic E-state index is 14.6. The average molecular weight is 681 g/mol. The minimum Gasteiger partial charge on any atom is -0.352 e. The van der Waals surface area contributed by atoms with E-state index >= 15 is 0 Å². The first-order chi connectivity index (χ1) is 21.9. The van der Waals surface area contributed by atoms with Gasteiger partial charge in [0.25, 0.3) is 10.0 Å². The molecule has 4 rings (SSSR count). The summed E-state index contributed by atoms with van der Waals surface area (Å²) in [6.07, 6.45) is 0.925. The third-order valence-corrected chi connectivity index (χ3v) is 10.4. The molecule has 4 aromatic rings. The Labute approximate surface area is 282 Å². The molecule has 0 aliphatic carbocycles. The van der Waals surface area contributed by atoms with Crippen LogP contribution >= 0.6 is 23.2 Å². The molecule has 2 atom stereocenters. The number of anilines is 1. The third kappa shape index (κ3) is 8.69. The molecule has 0 bridgehead atoms. The van der Waals surface area contributed by atoms with E-state index in [0.717, 1.165) is 26.6 Å². The number of nitrogens with zero attached hydrogens (tertiary/aromatic N) is 2. The zero-order valence-corrected chi connectivity index (χ0v) is 28.7. The Bertz CT molecular complexity index is 1750. The molecule has 0 saturated carbocycles. The van der Waals surface area contributed by atoms with Crippen LogP contribution in [0, 0.1) is 13.8 Å². The molecule has 0 aliphatic heterocycles. The molecule has 7 nitrogen and oxygen atoms in total. The van der Waals surface area contributed by atoms with Crippen LogP contribution in [0.5, 0.6) is 0 Å². The molecular weight excluding hydrogens is 641 g/mol. The van der Waals surface area contributed by atoms with Gasteiger partial charge in [-0.3, -0.25) is 13.9 Å². The van der Waals surface area contributed by atoms with Crippen molar-refractivity contribution < 1.29 is 18.0 Å². The molecule has 0 heterocycles. The third-order valence-electron chi connectivity index (χ3n) is 7.83. The van der Waals surface area contributed by atoms with Crippen LogP contribution < -0.4 is 9.62 Å². The number of aryl methyl sites for hydroxylation is 2. The van der Waals surface area contributed by atoms with Crippen LogP contribution in [0.3, 0.4) is 0 Å². The van der Waals surface area contributed by atoms with Crippen molar-refractivity contribution in [2.45, 2.75) is 64.1 Å². The molecule has 0 aliphatic rings. The van der Waals surface area contributed by atoms with Crippen molar-refractivity contribution in [3.8, 4) is 0 Å². The maximum atomic E-state index is 14.6. The highest BCUT2D eigenvalue weighted by molar-refractivity contribution is 7.92. The molecule has 0 radical (unpaired) electrons. The summed E-state index contributed by atoms with van der Waals surface area (Å²) in [6, 6.07) is 27.0. The Morgan fingerprint density at radius 2 is 1.41 bits per heavy atom. The van der Waals surface area contributed by atoms with Crippen LogP contribution in [0.2, 0.25) is 10.0 Å². The number of carbonyl (C=O) groups is 2. The Balaban J connectivity index is 1.83. The van der Waals surface area contributed by atoms with Crippen LogP contribution in [0.15, 0.2) is 102 Å². The molecule has 10 heteroatoms. The zero-order chi connectivity index (χ0) is 33.4. The number of nitrogens with one attached hydrogen (secondary N) is 1. The Hall–Kier alpha value is -3.85. The van der Waals surface area contributed by atoms with Crippen molar-refractivity contribution in [3.63, 3.8) is 0 Å². The number of rotatable bonds is 13. The second-order valence-electron chi connectivity index (χ2n) is 11.4. The lowest BCUT2D eigenvalue weighted by atomic mass is 10.0. The molecular formula is C36H39Cl2N3O4S. The Morgan fingerprint density at radius 3 is 2.02 bits per heavy atom. The molecule has 0 spiro atoms. The highest BCUT2D eigenvalue weighted by Gasteiger charge is 2.35. The van der Waals surface area contributed by atoms with Gasteiger partial charge in [-0.2, -0.15) is 0 Å². The van der Waals surface area contributed by atoms with E-state index in [4.69, 9.17) is 23.2 Å². The first-order valence-electron chi connectivity index (χ1n) is 15.1. The fourth-order valence-electron chi connectivity index (χ4n) is 4.92. The largest absolute Gasteiger partial charge is 0.352 e. The number of halogens is 2. The molecule has 0 aromatic heterocycles. The average Bonchev–Trinajstić information content (AvgIpc) is 3.04. The summed E-state index contributed by atoms with van der Waals surface area (Å²) in [5.41, 5.74) is 3.63. The molecule has 4 aromatic carbocycles. The predicted molar refractivity (Wildman–Crippen MR) is 186 cm³/mol. The van der Waals surface area contributed by atoms with Gasteiger partial charge in [-0.15, -0.1) is 0 Å². The van der Waals surface area contributed by atoms with Gasteiger partial charge >= 0.3 is 0 Å². The molecule has 1 N–H and O–H groups in total. The molecule has 0 unspecified atom stereocenters. The van der Waals surface area contributed by atoms with Gasteiger partial charge in [0.2, 0.25) is 11.8 Å². The molecule has 2 amide bonds. The number of hydrogen-bond donors (Lipinski definition) is 1. The van der Waals surface area contributed by atoms with Crippen molar-refractivity contribution in [2.24, 2.45) is 0 Å². The van der Waals surface area contributed by atoms with Crippen molar-refractivity contribution in [2.75, 3.05) is 10.8 Å². The highest BCUT2D eigenvalue weighted by atomic mass is 35.5. The van der Waals surface area contributed by atoms with Crippen molar-refractivity contribution in [1.82, 2.24) is 10.2 Å². The van der Waals surface area contributed by atoms with E-state index in [2.05, 4.69) is 5.32 Å². The molecule has 0 fully saturated rings. The van der Waals surface area contributed by atoms with Gasteiger partial charge < -0.3 is 10.2 Å². The zero-order valence-electron chi connectivity index (χ0n) is 26.4. The molecule has 46 heavy (non-hydrogen) atoms. The highest BCUT2D eigenvalue weighted by Crippen LogP contribution is 2.35. The summed E-state index contributed by atoms with van der Waals surface area (Å²) in [5.74, 6) is -0.903. The second-order valence-corrected chi connectivity index (χ2v) is 14.1. The number of sulfonamides is 1. The van der Waals surface area contributed by atoms with Crippen molar-refractivity contribution in [1.29, 1.82) is 0 Å². The van der Waals surface area contributed by atoms with Crippen LogP contribution in [-0.4, -0.2) is 43.8 Å².